The molecule has 3 rings (SSSR count). The maximum Gasteiger partial charge on any atom is 0.0415 e. The fourth-order valence-electron chi connectivity index (χ4n) is 1.99. The molecule has 0 bridgehead atoms. The van der Waals surface area contributed by atoms with Gasteiger partial charge in [0.05, 0.1) is 0 Å². The molecule has 0 amide bonds. The Balaban J connectivity index is 1.81. The molecule has 0 radical (unpaired) electrons. The van der Waals surface area contributed by atoms with Gasteiger partial charge in [0.15, 0.2) is 0 Å². The van der Waals surface area contributed by atoms with E-state index < -0.39 is 0 Å². The van der Waals surface area contributed by atoms with E-state index in [9.17, 15) is 0 Å². The summed E-state index contributed by atoms with van der Waals surface area (Å²) in [5.74, 6) is 2.59. The van der Waals surface area contributed by atoms with Gasteiger partial charge < -0.3 is 5.32 Å². The highest BCUT2D eigenvalue weighted by Gasteiger charge is 2.13. The number of thioether (sulfide) groups is 2. The van der Waals surface area contributed by atoms with Crippen molar-refractivity contribution in [3.63, 3.8) is 0 Å². The van der Waals surface area contributed by atoms with Gasteiger partial charge in [-0.2, -0.15) is 0 Å². The first-order valence-electron chi connectivity index (χ1n) is 5.71. The van der Waals surface area contributed by atoms with Crippen LogP contribution < -0.4 is 5.32 Å². The average Bonchev–Trinajstić information content (AvgIpc) is 2.72. The lowest BCUT2D eigenvalue weighted by atomic mass is 10.1. The summed E-state index contributed by atoms with van der Waals surface area (Å²) >= 11 is 6.00. The van der Waals surface area contributed by atoms with Gasteiger partial charge in [-0.05, 0) is 48.6 Å². The SMILES string of the molecule is C(=C1SCCCS1)c1cc2c(s1)CNCC2. The van der Waals surface area contributed by atoms with Gasteiger partial charge in [0.25, 0.3) is 0 Å². The minimum atomic E-state index is 1.07. The average molecular weight is 269 g/mol. The van der Waals surface area contributed by atoms with Crippen molar-refractivity contribution in [2.75, 3.05) is 18.1 Å². The van der Waals surface area contributed by atoms with Crippen molar-refractivity contribution in [1.29, 1.82) is 0 Å². The van der Waals surface area contributed by atoms with Crippen LogP contribution >= 0.6 is 34.9 Å². The Labute approximate surface area is 109 Å². The predicted octanol–water partition coefficient (Wildman–Crippen LogP) is 3.56. The summed E-state index contributed by atoms with van der Waals surface area (Å²) in [6.45, 7) is 2.21. The highest BCUT2D eigenvalue weighted by molar-refractivity contribution is 8.23. The number of hydrogen-bond donors (Lipinski definition) is 1. The van der Waals surface area contributed by atoms with E-state index in [2.05, 4.69) is 17.5 Å². The van der Waals surface area contributed by atoms with E-state index in [-0.39, 0.29) is 0 Å². The summed E-state index contributed by atoms with van der Waals surface area (Å²) in [6.07, 6.45) is 4.95. The highest BCUT2D eigenvalue weighted by Crippen LogP contribution is 2.37. The molecule has 1 aromatic heterocycles. The Bertz CT molecular complexity index is 377. The van der Waals surface area contributed by atoms with Crippen LogP contribution in [0.1, 0.15) is 21.7 Å². The third-order valence-corrected chi connectivity index (χ3v) is 6.43. The van der Waals surface area contributed by atoms with Crippen LogP contribution in [0.15, 0.2) is 10.3 Å². The van der Waals surface area contributed by atoms with Crippen LogP contribution in [0.4, 0.5) is 0 Å². The number of fused-ring (bicyclic) bond motifs is 1. The Morgan fingerprint density at radius 2 is 2.12 bits per heavy atom. The van der Waals surface area contributed by atoms with E-state index in [1.165, 1.54) is 33.5 Å². The molecule has 1 fully saturated rings. The Morgan fingerprint density at radius 1 is 1.25 bits per heavy atom. The van der Waals surface area contributed by atoms with Gasteiger partial charge in [-0.15, -0.1) is 34.9 Å². The molecule has 1 saturated heterocycles. The number of hydrogen-bond acceptors (Lipinski definition) is 4. The van der Waals surface area contributed by atoms with Crippen molar-refractivity contribution >= 4 is 40.9 Å². The second kappa shape index (κ2) is 5.17. The number of thiophene rings is 1. The molecule has 0 atom stereocenters. The molecule has 4 heteroatoms. The van der Waals surface area contributed by atoms with Crippen molar-refractivity contribution in [3.05, 3.63) is 25.6 Å². The largest absolute Gasteiger partial charge is 0.312 e. The summed E-state index contributed by atoms with van der Waals surface area (Å²) in [5, 5.41) is 3.44. The molecule has 2 aliphatic rings. The molecule has 0 unspecified atom stereocenters. The second-order valence-corrected chi connectivity index (χ2v) is 7.74. The quantitative estimate of drug-likeness (QED) is 0.837. The van der Waals surface area contributed by atoms with Crippen molar-refractivity contribution in [2.24, 2.45) is 0 Å². The van der Waals surface area contributed by atoms with Crippen molar-refractivity contribution in [3.8, 4) is 0 Å². The Hall–Kier alpha value is 0.1000. The minimum Gasteiger partial charge on any atom is -0.312 e. The van der Waals surface area contributed by atoms with E-state index >= 15 is 0 Å². The first-order valence-corrected chi connectivity index (χ1v) is 8.50. The van der Waals surface area contributed by atoms with Gasteiger partial charge in [-0.1, -0.05) is 0 Å². The summed E-state index contributed by atoms with van der Waals surface area (Å²) < 4.78 is 1.51. The molecule has 0 spiro atoms. The van der Waals surface area contributed by atoms with Crippen molar-refractivity contribution in [1.82, 2.24) is 5.32 Å². The molecule has 0 saturated carbocycles. The van der Waals surface area contributed by atoms with Crippen LogP contribution in [0.3, 0.4) is 0 Å². The van der Waals surface area contributed by atoms with Gasteiger partial charge in [-0.3, -0.25) is 0 Å². The molecule has 3 heterocycles. The Kier molecular flexibility index (Phi) is 3.62. The van der Waals surface area contributed by atoms with Gasteiger partial charge in [0.1, 0.15) is 0 Å². The Morgan fingerprint density at radius 3 is 2.94 bits per heavy atom. The summed E-state index contributed by atoms with van der Waals surface area (Å²) in [7, 11) is 0. The lowest BCUT2D eigenvalue weighted by Crippen LogP contribution is -2.21. The van der Waals surface area contributed by atoms with Gasteiger partial charge in [0.2, 0.25) is 0 Å². The van der Waals surface area contributed by atoms with Crippen LogP contribution in [0, 0.1) is 0 Å². The molecule has 1 N–H and O–H groups in total. The molecule has 16 heavy (non-hydrogen) atoms. The molecule has 0 aliphatic carbocycles. The summed E-state index contributed by atoms with van der Waals surface area (Å²) in [5.41, 5.74) is 1.57. The zero-order valence-electron chi connectivity index (χ0n) is 9.12. The monoisotopic (exact) mass is 269 g/mol. The summed E-state index contributed by atoms with van der Waals surface area (Å²) in [4.78, 5) is 2.99. The van der Waals surface area contributed by atoms with Gasteiger partial charge >= 0.3 is 0 Å². The molecule has 2 aliphatic heterocycles. The number of rotatable bonds is 1. The van der Waals surface area contributed by atoms with E-state index in [1.807, 2.05) is 34.9 Å². The molecular formula is C12H15NS3. The first-order chi connectivity index (χ1) is 7.92. The molecule has 1 aromatic rings. The van der Waals surface area contributed by atoms with Crippen LogP contribution in [-0.2, 0) is 13.0 Å². The molecular weight excluding hydrogens is 254 g/mol. The van der Waals surface area contributed by atoms with E-state index in [0.29, 0.717) is 0 Å². The van der Waals surface area contributed by atoms with Gasteiger partial charge in [0, 0.05) is 20.5 Å². The fourth-order valence-corrected chi connectivity index (χ4v) is 5.69. The smallest absolute Gasteiger partial charge is 0.0415 e. The number of nitrogens with one attached hydrogen (secondary N) is 1. The maximum absolute atomic E-state index is 3.44. The third kappa shape index (κ3) is 2.50. The van der Waals surface area contributed by atoms with E-state index in [1.54, 1.807) is 10.4 Å². The lowest BCUT2D eigenvalue weighted by molar-refractivity contribution is 0.654. The van der Waals surface area contributed by atoms with Crippen molar-refractivity contribution in [2.45, 2.75) is 19.4 Å². The minimum absolute atomic E-state index is 1.07. The topological polar surface area (TPSA) is 12.0 Å². The van der Waals surface area contributed by atoms with Crippen LogP contribution in [0.25, 0.3) is 6.08 Å². The fraction of sp³-hybridized carbons (Fsp3) is 0.500. The van der Waals surface area contributed by atoms with Crippen LogP contribution in [0.5, 0.6) is 0 Å². The molecule has 1 nitrogen and oxygen atoms in total. The highest BCUT2D eigenvalue weighted by atomic mass is 32.2. The van der Waals surface area contributed by atoms with Crippen LogP contribution in [0.2, 0.25) is 0 Å². The lowest BCUT2D eigenvalue weighted by Gasteiger charge is -2.11. The van der Waals surface area contributed by atoms with E-state index in [0.717, 1.165) is 13.1 Å². The second-order valence-electron chi connectivity index (χ2n) is 4.04. The third-order valence-electron chi connectivity index (χ3n) is 2.81. The van der Waals surface area contributed by atoms with Gasteiger partial charge in [-0.25, -0.2) is 0 Å². The normalized spacial score (nSPS) is 20.6. The first kappa shape index (κ1) is 11.2. The van der Waals surface area contributed by atoms with Crippen molar-refractivity contribution < 1.29 is 0 Å². The predicted molar refractivity (Wildman–Crippen MR) is 77.2 cm³/mol. The van der Waals surface area contributed by atoms with E-state index in [4.69, 9.17) is 0 Å². The maximum atomic E-state index is 3.44. The molecule has 86 valence electrons. The molecule has 0 aromatic carbocycles. The zero-order chi connectivity index (χ0) is 10.8. The standard InChI is InChI=1S/C12H15NS3/c1-4-14-12(15-5-1)7-10-6-9-2-3-13-8-11(9)16-10/h6-7,13H,1-5,8H2. The van der Waals surface area contributed by atoms with Crippen LogP contribution in [-0.4, -0.2) is 18.1 Å². The zero-order valence-corrected chi connectivity index (χ0v) is 11.6. The summed E-state index contributed by atoms with van der Waals surface area (Å²) in [6, 6.07) is 2.39.